The number of carbonyl (C=O) groups is 5. The number of benzene rings is 3. The Bertz CT molecular complexity index is 2870. The van der Waals surface area contributed by atoms with Gasteiger partial charge in [-0.1, -0.05) is 94.8 Å². The number of amides is 1. The molecule has 3 aromatic rings. The third-order valence-electron chi connectivity index (χ3n) is 19.9. The molecule has 2 saturated heterocycles. The molecule has 5 fully saturated rings. The molecule has 19 nitrogen and oxygen atoms in total. The Kier molecular flexibility index (Phi) is 18.5. The van der Waals surface area contributed by atoms with Gasteiger partial charge in [0.05, 0.1) is 44.5 Å². The number of allylic oxidation sites excluding steroid dienone is 1. The summed E-state index contributed by atoms with van der Waals surface area (Å²) >= 11 is 0. The summed E-state index contributed by atoms with van der Waals surface area (Å²) in [6.45, 7) is 10.3. The Morgan fingerprint density at radius 2 is 1.39 bits per heavy atom. The summed E-state index contributed by atoms with van der Waals surface area (Å²) in [5.74, 6) is -2.88. The quantitative estimate of drug-likeness (QED) is 0.0442. The number of hydrogen-bond acceptors (Lipinski definition) is 18. The second-order valence-corrected chi connectivity index (χ2v) is 25.2. The summed E-state index contributed by atoms with van der Waals surface area (Å²) in [6, 6.07) is 21.8. The summed E-state index contributed by atoms with van der Waals surface area (Å²) in [4.78, 5) is 68.4. The smallest absolute Gasteiger partial charge is 0.407 e. The molecule has 84 heavy (non-hydrogen) atoms. The first-order valence-corrected chi connectivity index (χ1v) is 30.0. The molecule has 10 rings (SSSR count). The zero-order chi connectivity index (χ0) is 59.8. The van der Waals surface area contributed by atoms with Crippen LogP contribution in [0.25, 0.3) is 11.1 Å². The molecule has 0 radical (unpaired) electrons. The maximum Gasteiger partial charge on any atom is 0.407 e. The Balaban J connectivity index is 0.877. The van der Waals surface area contributed by atoms with Crippen LogP contribution in [0.4, 0.5) is 4.79 Å². The van der Waals surface area contributed by atoms with Crippen LogP contribution in [-0.4, -0.2) is 151 Å². The van der Waals surface area contributed by atoms with Crippen molar-refractivity contribution < 1.29 is 87.0 Å². The molecule has 7 aliphatic rings. The Morgan fingerprint density at radius 1 is 0.750 bits per heavy atom. The number of alkyl carbamates (subject to hydrolysis) is 1. The number of aliphatic hydroxyl groups excluding tert-OH is 3. The van der Waals surface area contributed by atoms with E-state index in [1.54, 1.807) is 6.92 Å². The lowest BCUT2D eigenvalue weighted by atomic mass is 9.46. The lowest BCUT2D eigenvalue weighted by Gasteiger charge is -2.59. The van der Waals surface area contributed by atoms with Crippen LogP contribution in [-0.2, 0) is 52.3 Å². The molecule has 9 unspecified atom stereocenters. The number of carbonyl (C=O) groups excluding carboxylic acids is 5. The molecule has 17 atom stereocenters. The molecule has 1 amide bonds. The molecule has 19 heteroatoms. The minimum absolute atomic E-state index is 0.0437. The van der Waals surface area contributed by atoms with Gasteiger partial charge in [0.1, 0.15) is 42.1 Å². The highest BCUT2D eigenvalue weighted by molar-refractivity contribution is 5.89. The Morgan fingerprint density at radius 3 is 2.05 bits per heavy atom. The van der Waals surface area contributed by atoms with Crippen LogP contribution < -0.4 is 10.1 Å². The van der Waals surface area contributed by atoms with Gasteiger partial charge in [-0.3, -0.25) is 14.4 Å². The SMILES string of the molecule is COc1ccc(C(=O)OC2C(OC3C(O)COC(O[C@H]4C[C@H]5[C@@H]6CC=C7C[C@@H](O)CC[C@]7(C)C6CC[C@]5(C)[C@@]4(O)[C@H](C)C(=O)CCC(C)C)C3OC(C)=O)OCC(O)C2OC(=O)CCNC(=O)OCC2c3ccccc3-c3ccccc32)cc1. The predicted molar refractivity (Wildman–Crippen MR) is 303 cm³/mol. The van der Waals surface area contributed by atoms with E-state index in [0.29, 0.717) is 37.9 Å². The Hall–Kier alpha value is -5.77. The van der Waals surface area contributed by atoms with Crippen molar-refractivity contribution in [3.05, 3.63) is 101 Å². The van der Waals surface area contributed by atoms with Gasteiger partial charge in [-0.05, 0) is 127 Å². The van der Waals surface area contributed by atoms with Crippen LogP contribution in [0.3, 0.4) is 0 Å². The average molecular weight is 1170 g/mol. The van der Waals surface area contributed by atoms with Crippen molar-refractivity contribution in [2.45, 2.75) is 179 Å². The van der Waals surface area contributed by atoms with Gasteiger partial charge < -0.3 is 68.4 Å². The van der Waals surface area contributed by atoms with Crippen molar-refractivity contribution in [3.8, 4) is 16.9 Å². The number of nitrogens with one attached hydrogen (secondary N) is 1. The van der Waals surface area contributed by atoms with Crippen molar-refractivity contribution in [3.63, 3.8) is 0 Å². The first kappa shape index (κ1) is 61.3. The monoisotopic (exact) mass is 1170 g/mol. The van der Waals surface area contributed by atoms with Gasteiger partial charge in [0.25, 0.3) is 0 Å². The van der Waals surface area contributed by atoms with Crippen molar-refractivity contribution >= 4 is 29.8 Å². The molecule has 456 valence electrons. The van der Waals surface area contributed by atoms with Crippen LogP contribution in [0.2, 0.25) is 0 Å². The third kappa shape index (κ3) is 11.9. The van der Waals surface area contributed by atoms with Gasteiger partial charge in [-0.2, -0.15) is 0 Å². The first-order valence-electron chi connectivity index (χ1n) is 30.0. The van der Waals surface area contributed by atoms with Gasteiger partial charge in [-0.25, -0.2) is 9.59 Å². The van der Waals surface area contributed by atoms with Crippen molar-refractivity contribution in [2.75, 3.05) is 33.5 Å². The number of methoxy groups -OCH3 is 1. The molecule has 0 aromatic heterocycles. The fourth-order valence-electron chi connectivity index (χ4n) is 15.4. The average Bonchev–Trinajstić information content (AvgIpc) is 1.50. The summed E-state index contributed by atoms with van der Waals surface area (Å²) in [5, 5.41) is 50.3. The molecular formula is C65H83NO18. The van der Waals surface area contributed by atoms with Crippen LogP contribution in [0.15, 0.2) is 84.4 Å². The highest BCUT2D eigenvalue weighted by Crippen LogP contribution is 2.69. The summed E-state index contributed by atoms with van der Waals surface area (Å²) in [5.41, 5.74) is 2.83. The van der Waals surface area contributed by atoms with Crippen molar-refractivity contribution in [2.24, 2.45) is 40.4 Å². The molecule has 3 aromatic carbocycles. The van der Waals surface area contributed by atoms with E-state index in [0.717, 1.165) is 48.4 Å². The van der Waals surface area contributed by atoms with Gasteiger partial charge in [0.15, 0.2) is 30.9 Å². The van der Waals surface area contributed by atoms with Crippen molar-refractivity contribution in [1.29, 1.82) is 0 Å². The topological polar surface area (TPSA) is 261 Å². The maximum atomic E-state index is 14.4. The minimum atomic E-state index is -1.74. The van der Waals surface area contributed by atoms with Crippen LogP contribution in [0.5, 0.6) is 5.75 Å². The molecule has 5 N–H and O–H groups in total. The largest absolute Gasteiger partial charge is 0.497 e. The number of aliphatic hydroxyl groups is 4. The standard InChI is InChI=1S/C65H83NO18/c1-35(2)16-23-50(69)36(3)65(75)53(31-49-46-22-19-39-30-40(68)24-27-63(39,5)48(46)25-28-64(49,65)6)81-60-57(80-37(4)67)56(52(71)34-77-60)84-61-58(83-59(73)38-17-20-41(76-7)21-18-38)55(51(70)33-78-61)82-54(72)26-29-66-62(74)79-32-47-44-14-10-8-12-42(44)43-13-9-11-15-45(43)47/h8-15,17-21,35-36,40,46-49,51-53,55-58,60-61,68,70-71,75H,16,22-34H2,1-7H3,(H,66,74)/t36-,40+,46-,48?,49+,51?,52?,53+,55?,56?,57?,58?,60?,61?,63+,64+,65-/m1/s1. The van der Waals surface area contributed by atoms with E-state index in [1.807, 2.05) is 62.4 Å². The van der Waals surface area contributed by atoms with Gasteiger partial charge in [0, 0.05) is 37.1 Å². The Labute approximate surface area is 491 Å². The fraction of sp³-hybridized carbons (Fsp3) is 0.615. The molecule has 5 aliphatic carbocycles. The first-order chi connectivity index (χ1) is 40.1. The number of hydrogen-bond donors (Lipinski definition) is 5. The maximum absolute atomic E-state index is 14.4. The number of rotatable bonds is 19. The lowest BCUT2D eigenvalue weighted by Crippen LogP contribution is -2.64. The molecule has 0 bridgehead atoms. The second-order valence-electron chi connectivity index (χ2n) is 25.2. The van der Waals surface area contributed by atoms with Gasteiger partial charge in [0.2, 0.25) is 0 Å². The van der Waals surface area contributed by atoms with E-state index >= 15 is 0 Å². The van der Waals surface area contributed by atoms with Crippen molar-refractivity contribution in [1.82, 2.24) is 5.32 Å². The molecule has 0 spiro atoms. The lowest BCUT2D eigenvalue weighted by molar-refractivity contribution is -0.345. The highest BCUT2D eigenvalue weighted by Gasteiger charge is 2.71. The van der Waals surface area contributed by atoms with Crippen LogP contribution >= 0.6 is 0 Å². The number of esters is 3. The van der Waals surface area contributed by atoms with E-state index in [9.17, 15) is 44.4 Å². The zero-order valence-electron chi connectivity index (χ0n) is 49.1. The highest BCUT2D eigenvalue weighted by atomic mass is 16.8. The fourth-order valence-corrected chi connectivity index (χ4v) is 15.4. The van der Waals surface area contributed by atoms with Gasteiger partial charge in [-0.15, -0.1) is 0 Å². The molecule has 2 aliphatic heterocycles. The van der Waals surface area contributed by atoms with E-state index < -0.39 is 116 Å². The number of fused-ring (bicyclic) bond motifs is 8. The summed E-state index contributed by atoms with van der Waals surface area (Å²) in [7, 11) is 1.46. The zero-order valence-corrected chi connectivity index (χ0v) is 49.1. The summed E-state index contributed by atoms with van der Waals surface area (Å²) in [6.07, 6.45) is -7.62. The molecule has 2 heterocycles. The normalized spacial score (nSPS) is 34.5. The molecular weight excluding hydrogens is 1080 g/mol. The number of Topliss-reactive ketones (excluding diaryl/α,β-unsaturated/α-hetero) is 1. The van der Waals surface area contributed by atoms with E-state index in [-0.39, 0.29) is 72.0 Å². The van der Waals surface area contributed by atoms with Crippen LogP contribution in [0, 0.1) is 40.4 Å². The van der Waals surface area contributed by atoms with E-state index in [1.165, 1.54) is 36.9 Å². The second kappa shape index (κ2) is 25.3. The minimum Gasteiger partial charge on any atom is -0.497 e. The predicted octanol–water partition coefficient (Wildman–Crippen LogP) is 7.50. The van der Waals surface area contributed by atoms with Gasteiger partial charge >= 0.3 is 24.0 Å². The summed E-state index contributed by atoms with van der Waals surface area (Å²) < 4.78 is 54.5. The van der Waals surface area contributed by atoms with E-state index in [2.05, 4.69) is 25.2 Å². The molecule has 3 saturated carbocycles. The number of ketones is 1. The number of ether oxygens (including phenoxy) is 9. The van der Waals surface area contributed by atoms with Crippen LogP contribution in [0.1, 0.15) is 133 Å². The third-order valence-corrected chi connectivity index (χ3v) is 19.9. The van der Waals surface area contributed by atoms with E-state index in [4.69, 9.17) is 42.6 Å².